The minimum Gasteiger partial charge on any atom is -0.490 e. The SMILES string of the molecule is Cl.Clc1ccc(CC[C@@]2(Cn3ccnc3)OC[C@@H](COc3ccccc3Br)O2)cc1. The van der Waals surface area contributed by atoms with Gasteiger partial charge in [-0.1, -0.05) is 35.9 Å². The molecule has 3 aromatic rings. The zero-order valence-corrected chi connectivity index (χ0v) is 19.4. The highest BCUT2D eigenvalue weighted by Crippen LogP contribution is 2.32. The Morgan fingerprint density at radius 3 is 2.73 bits per heavy atom. The van der Waals surface area contributed by atoms with E-state index in [0.717, 1.165) is 28.1 Å². The molecule has 1 aliphatic rings. The average molecular weight is 514 g/mol. The van der Waals surface area contributed by atoms with Crippen LogP contribution in [0.25, 0.3) is 0 Å². The number of aryl methyl sites for hydroxylation is 1. The first-order chi connectivity index (χ1) is 14.1. The van der Waals surface area contributed by atoms with Gasteiger partial charge in [0.25, 0.3) is 0 Å². The summed E-state index contributed by atoms with van der Waals surface area (Å²) in [6, 6.07) is 15.7. The Bertz CT molecular complexity index is 924. The second-order valence-corrected chi connectivity index (χ2v) is 8.36. The molecule has 5 nitrogen and oxygen atoms in total. The van der Waals surface area contributed by atoms with Crippen LogP contribution in [0, 0.1) is 0 Å². The van der Waals surface area contributed by atoms with Gasteiger partial charge in [0.05, 0.1) is 24.0 Å². The first-order valence-electron chi connectivity index (χ1n) is 9.51. The summed E-state index contributed by atoms with van der Waals surface area (Å²) in [7, 11) is 0. The van der Waals surface area contributed by atoms with Crippen molar-refractivity contribution in [3.8, 4) is 5.75 Å². The van der Waals surface area contributed by atoms with Crippen molar-refractivity contribution in [1.29, 1.82) is 0 Å². The number of aromatic nitrogens is 2. The van der Waals surface area contributed by atoms with Crippen LogP contribution in [-0.4, -0.2) is 34.7 Å². The van der Waals surface area contributed by atoms with Crippen LogP contribution in [0.1, 0.15) is 12.0 Å². The Balaban J connectivity index is 0.00000256. The van der Waals surface area contributed by atoms with Crippen LogP contribution in [0.4, 0.5) is 0 Å². The van der Waals surface area contributed by atoms with Crippen molar-refractivity contribution in [2.45, 2.75) is 31.3 Å². The lowest BCUT2D eigenvalue weighted by molar-refractivity contribution is -0.184. The van der Waals surface area contributed by atoms with E-state index in [-0.39, 0.29) is 18.5 Å². The Hall–Kier alpha value is -1.57. The summed E-state index contributed by atoms with van der Waals surface area (Å²) in [5.41, 5.74) is 1.19. The number of benzene rings is 2. The van der Waals surface area contributed by atoms with Crippen LogP contribution in [0.15, 0.2) is 71.7 Å². The third kappa shape index (κ3) is 5.99. The maximum Gasteiger partial charge on any atom is 0.187 e. The lowest BCUT2D eigenvalue weighted by atomic mass is 10.0. The summed E-state index contributed by atoms with van der Waals surface area (Å²) in [5.74, 6) is 0.0758. The highest BCUT2D eigenvalue weighted by Gasteiger charge is 2.42. The van der Waals surface area contributed by atoms with Crippen molar-refractivity contribution >= 4 is 39.9 Å². The third-order valence-electron chi connectivity index (χ3n) is 4.87. The second kappa shape index (κ2) is 10.6. The topological polar surface area (TPSA) is 45.5 Å². The molecule has 0 aliphatic carbocycles. The van der Waals surface area contributed by atoms with E-state index in [1.54, 1.807) is 12.5 Å². The number of hydrogen-bond donors (Lipinski definition) is 0. The van der Waals surface area contributed by atoms with E-state index < -0.39 is 5.79 Å². The number of halogens is 3. The maximum absolute atomic E-state index is 6.39. The molecule has 0 unspecified atom stereocenters. The zero-order valence-electron chi connectivity index (χ0n) is 16.2. The summed E-state index contributed by atoms with van der Waals surface area (Å²) in [5, 5.41) is 0.736. The summed E-state index contributed by atoms with van der Waals surface area (Å²) in [4.78, 5) is 4.14. The molecule has 8 heteroatoms. The van der Waals surface area contributed by atoms with E-state index in [0.29, 0.717) is 19.8 Å². The van der Waals surface area contributed by atoms with Gasteiger partial charge in [0.1, 0.15) is 18.5 Å². The van der Waals surface area contributed by atoms with Crippen molar-refractivity contribution in [3.05, 3.63) is 82.3 Å². The predicted molar refractivity (Wildman–Crippen MR) is 122 cm³/mol. The molecule has 0 radical (unpaired) electrons. The van der Waals surface area contributed by atoms with Crippen LogP contribution in [-0.2, 0) is 22.4 Å². The van der Waals surface area contributed by atoms with Gasteiger partial charge in [-0.2, -0.15) is 0 Å². The van der Waals surface area contributed by atoms with Gasteiger partial charge in [-0.25, -0.2) is 4.98 Å². The zero-order chi connectivity index (χ0) is 20.1. The second-order valence-electron chi connectivity index (χ2n) is 7.06. The van der Waals surface area contributed by atoms with E-state index in [9.17, 15) is 0 Å². The molecule has 0 saturated carbocycles. The largest absolute Gasteiger partial charge is 0.490 e. The van der Waals surface area contributed by atoms with Gasteiger partial charge in [0.2, 0.25) is 0 Å². The van der Waals surface area contributed by atoms with Crippen molar-refractivity contribution < 1.29 is 14.2 Å². The Kier molecular flexibility index (Phi) is 8.20. The molecule has 2 heterocycles. The number of nitrogens with zero attached hydrogens (tertiary/aromatic N) is 2. The molecule has 0 spiro atoms. The van der Waals surface area contributed by atoms with Gasteiger partial charge in [0.15, 0.2) is 5.79 Å². The van der Waals surface area contributed by atoms with Crippen molar-refractivity contribution in [2.75, 3.05) is 13.2 Å². The molecule has 1 aliphatic heterocycles. The van der Waals surface area contributed by atoms with E-state index in [4.69, 9.17) is 25.8 Å². The van der Waals surface area contributed by atoms with E-state index in [1.165, 1.54) is 5.56 Å². The standard InChI is InChI=1S/C22H22BrClN2O3.ClH/c23-20-3-1-2-4-21(20)27-13-19-14-28-22(29-19,15-26-12-11-25-16-26)10-9-17-5-7-18(24)8-6-17;/h1-8,11-12,16,19H,9-10,13-15H2;1H/t19-,22-;/m1./s1. The van der Waals surface area contributed by atoms with Gasteiger partial charge < -0.3 is 18.8 Å². The minimum absolute atomic E-state index is 0. The third-order valence-corrected chi connectivity index (χ3v) is 5.77. The Morgan fingerprint density at radius 2 is 2.00 bits per heavy atom. The molecule has 2 aromatic carbocycles. The monoisotopic (exact) mass is 512 g/mol. The summed E-state index contributed by atoms with van der Waals surface area (Å²) in [6.45, 7) is 1.49. The molecule has 0 bridgehead atoms. The fourth-order valence-corrected chi connectivity index (χ4v) is 3.91. The van der Waals surface area contributed by atoms with Crippen LogP contribution in [0.2, 0.25) is 5.02 Å². The highest BCUT2D eigenvalue weighted by molar-refractivity contribution is 9.10. The van der Waals surface area contributed by atoms with E-state index in [2.05, 4.69) is 20.9 Å². The summed E-state index contributed by atoms with van der Waals surface area (Å²) >= 11 is 9.51. The predicted octanol–water partition coefficient (Wildman–Crippen LogP) is 5.54. The molecular formula is C22H23BrCl2N2O3. The fourth-order valence-electron chi connectivity index (χ4n) is 3.38. The molecule has 1 saturated heterocycles. The number of rotatable bonds is 8. The van der Waals surface area contributed by atoms with Crippen molar-refractivity contribution in [3.63, 3.8) is 0 Å². The lowest BCUT2D eigenvalue weighted by Crippen LogP contribution is -2.37. The number of hydrogen-bond acceptors (Lipinski definition) is 4. The smallest absolute Gasteiger partial charge is 0.187 e. The van der Waals surface area contributed by atoms with E-state index >= 15 is 0 Å². The molecule has 4 rings (SSSR count). The van der Waals surface area contributed by atoms with Crippen LogP contribution in [0.5, 0.6) is 5.75 Å². The normalized spacial score (nSPS) is 20.7. The Morgan fingerprint density at radius 1 is 1.20 bits per heavy atom. The van der Waals surface area contributed by atoms with Gasteiger partial charge >= 0.3 is 0 Å². The minimum atomic E-state index is -0.720. The fraction of sp³-hybridized carbons (Fsp3) is 0.318. The van der Waals surface area contributed by atoms with Crippen LogP contribution < -0.4 is 4.74 Å². The molecule has 1 aromatic heterocycles. The quantitative estimate of drug-likeness (QED) is 0.396. The van der Waals surface area contributed by atoms with Crippen LogP contribution >= 0.6 is 39.9 Å². The molecule has 30 heavy (non-hydrogen) atoms. The molecule has 1 fully saturated rings. The van der Waals surface area contributed by atoms with E-state index in [1.807, 2.05) is 59.3 Å². The first-order valence-corrected chi connectivity index (χ1v) is 10.7. The number of para-hydroxylation sites is 1. The Labute approximate surface area is 195 Å². The highest BCUT2D eigenvalue weighted by atomic mass is 79.9. The molecular weight excluding hydrogens is 491 g/mol. The summed E-state index contributed by atoms with van der Waals surface area (Å²) < 4.78 is 21.4. The molecule has 0 N–H and O–H groups in total. The van der Waals surface area contributed by atoms with Gasteiger partial charge in [0, 0.05) is 23.8 Å². The number of ether oxygens (including phenoxy) is 3. The first kappa shape index (κ1) is 23.1. The van der Waals surface area contributed by atoms with Crippen molar-refractivity contribution in [1.82, 2.24) is 9.55 Å². The summed E-state index contributed by atoms with van der Waals surface area (Å²) in [6.07, 6.45) is 6.86. The maximum atomic E-state index is 6.39. The lowest BCUT2D eigenvalue weighted by Gasteiger charge is -2.28. The van der Waals surface area contributed by atoms with Gasteiger partial charge in [-0.05, 0) is 52.2 Å². The molecule has 2 atom stereocenters. The van der Waals surface area contributed by atoms with Crippen LogP contribution in [0.3, 0.4) is 0 Å². The van der Waals surface area contributed by atoms with Gasteiger partial charge in [-0.3, -0.25) is 0 Å². The van der Waals surface area contributed by atoms with Crippen molar-refractivity contribution in [2.24, 2.45) is 0 Å². The molecule has 0 amide bonds. The van der Waals surface area contributed by atoms with Gasteiger partial charge in [-0.15, -0.1) is 12.4 Å². The molecule has 160 valence electrons. The number of imidazole rings is 1. The average Bonchev–Trinajstić information content (AvgIpc) is 3.38.